The van der Waals surface area contributed by atoms with Crippen LogP contribution in [0, 0.1) is 0 Å². The predicted octanol–water partition coefficient (Wildman–Crippen LogP) is 3.46. The van der Waals surface area contributed by atoms with Gasteiger partial charge in [0.15, 0.2) is 0 Å². The minimum atomic E-state index is -0.291. The summed E-state index contributed by atoms with van der Waals surface area (Å²) in [4.78, 5) is 17.4. The van der Waals surface area contributed by atoms with Crippen LogP contribution in [0.1, 0.15) is 17.5 Å². The summed E-state index contributed by atoms with van der Waals surface area (Å²) in [5, 5.41) is 12.1. The van der Waals surface area contributed by atoms with Crippen LogP contribution in [-0.4, -0.2) is 24.8 Å². The molecule has 3 rings (SSSR count). The number of thiophene rings is 1. The van der Waals surface area contributed by atoms with Crippen molar-refractivity contribution in [3.05, 3.63) is 60.6 Å². The van der Waals surface area contributed by atoms with Crippen molar-refractivity contribution in [1.29, 1.82) is 0 Å². The molecule has 10 heteroatoms. The number of hydrogen-bond acceptors (Lipinski definition) is 7. The normalized spacial score (nSPS) is 12.2. The van der Waals surface area contributed by atoms with Crippen molar-refractivity contribution in [1.82, 2.24) is 24.8 Å². The molecule has 0 aliphatic heterocycles. The molecular formula is C16H16BrN5O2S2. The third-order valence-electron chi connectivity index (χ3n) is 3.41. The van der Waals surface area contributed by atoms with Crippen LogP contribution in [0.5, 0.6) is 5.19 Å². The average Bonchev–Trinajstić information content (AvgIpc) is 3.35. The van der Waals surface area contributed by atoms with E-state index < -0.39 is 0 Å². The molecule has 3 aromatic rings. The molecule has 0 saturated heterocycles. The Bertz CT molecular complexity index is 998. The highest BCUT2D eigenvalue weighted by atomic mass is 79.9. The molecule has 0 atom stereocenters. The summed E-state index contributed by atoms with van der Waals surface area (Å²) in [5.41, 5.74) is 1.35. The summed E-state index contributed by atoms with van der Waals surface area (Å²) in [7, 11) is 1.56. The van der Waals surface area contributed by atoms with Crippen molar-refractivity contribution in [3.8, 4) is 10.9 Å². The zero-order valence-electron chi connectivity index (χ0n) is 14.1. The fraction of sp³-hybridized carbons (Fsp3) is 0.250. The van der Waals surface area contributed by atoms with E-state index in [1.54, 1.807) is 7.05 Å². The van der Waals surface area contributed by atoms with E-state index in [1.165, 1.54) is 32.0 Å². The van der Waals surface area contributed by atoms with Gasteiger partial charge in [-0.3, -0.25) is 0 Å². The highest BCUT2D eigenvalue weighted by molar-refractivity contribution is 9.11. The quantitative estimate of drug-likeness (QED) is 0.512. The van der Waals surface area contributed by atoms with Crippen LogP contribution in [0.3, 0.4) is 0 Å². The van der Waals surface area contributed by atoms with Gasteiger partial charge in [-0.2, -0.15) is 9.36 Å². The number of tetrazole rings is 1. The summed E-state index contributed by atoms with van der Waals surface area (Å²) >= 11 is 6.39. The maximum Gasteiger partial charge on any atom is 0.368 e. The zero-order valence-corrected chi connectivity index (χ0v) is 17.3. The Labute approximate surface area is 166 Å². The molecular weight excluding hydrogens is 438 g/mol. The lowest BCUT2D eigenvalue weighted by Crippen LogP contribution is -2.22. The van der Waals surface area contributed by atoms with Crippen molar-refractivity contribution >= 4 is 38.6 Å². The van der Waals surface area contributed by atoms with Gasteiger partial charge < -0.3 is 4.74 Å². The van der Waals surface area contributed by atoms with Crippen LogP contribution >= 0.6 is 38.6 Å². The van der Waals surface area contributed by atoms with E-state index in [2.05, 4.69) is 31.3 Å². The summed E-state index contributed by atoms with van der Waals surface area (Å²) < 4.78 is 9.29. The first kappa shape index (κ1) is 18.7. The Morgan fingerprint density at radius 2 is 2.23 bits per heavy atom. The standard InChI is InChI=1S/C16H16BrN5O2S2/c1-3-11(17)5-4-6-12-10-26-15(18-12)24-9-14-13(7-8-25-14)22-16(23)21(2)19-20-22/h3-5,7-8,10H,6,9H2,1-2H3/b5-4-,11-3+. The van der Waals surface area contributed by atoms with Crippen molar-refractivity contribution in [3.63, 3.8) is 0 Å². The van der Waals surface area contributed by atoms with Crippen LogP contribution in [0.25, 0.3) is 5.69 Å². The monoisotopic (exact) mass is 453 g/mol. The largest absolute Gasteiger partial charge is 0.464 e. The highest BCUT2D eigenvalue weighted by Gasteiger charge is 2.13. The van der Waals surface area contributed by atoms with Gasteiger partial charge in [-0.25, -0.2) is 9.78 Å². The Kier molecular flexibility index (Phi) is 6.17. The van der Waals surface area contributed by atoms with Crippen LogP contribution in [0.2, 0.25) is 0 Å². The van der Waals surface area contributed by atoms with Crippen molar-refractivity contribution < 1.29 is 4.74 Å². The molecule has 3 heterocycles. The first-order chi connectivity index (χ1) is 12.6. The van der Waals surface area contributed by atoms with E-state index in [4.69, 9.17) is 4.74 Å². The van der Waals surface area contributed by atoms with Gasteiger partial charge in [-0.15, -0.1) is 11.3 Å². The number of aromatic nitrogens is 5. The summed E-state index contributed by atoms with van der Waals surface area (Å²) in [6.45, 7) is 2.29. The molecule has 0 radical (unpaired) electrons. The van der Waals surface area contributed by atoms with Crippen LogP contribution in [-0.2, 0) is 20.1 Å². The zero-order chi connectivity index (χ0) is 18.5. The maximum atomic E-state index is 12.0. The third-order valence-corrected chi connectivity index (χ3v) is 5.82. The second-order valence-electron chi connectivity index (χ2n) is 5.20. The Morgan fingerprint density at radius 1 is 1.38 bits per heavy atom. The number of nitrogens with zero attached hydrogens (tertiary/aromatic N) is 5. The van der Waals surface area contributed by atoms with Gasteiger partial charge in [0, 0.05) is 23.3 Å². The molecule has 0 unspecified atom stereocenters. The molecule has 136 valence electrons. The molecule has 3 aromatic heterocycles. The van der Waals surface area contributed by atoms with Crippen molar-refractivity contribution in [2.24, 2.45) is 7.05 Å². The smallest absolute Gasteiger partial charge is 0.368 e. The van der Waals surface area contributed by atoms with E-state index in [9.17, 15) is 4.79 Å². The SMILES string of the molecule is C/C=C(Br)\C=C/Cc1csc(OCc2sccc2-n2nnn(C)c2=O)n1. The van der Waals surface area contributed by atoms with Crippen LogP contribution < -0.4 is 10.4 Å². The highest BCUT2D eigenvalue weighted by Crippen LogP contribution is 2.24. The summed E-state index contributed by atoms with van der Waals surface area (Å²) in [5.74, 6) is 0. The first-order valence-electron chi connectivity index (χ1n) is 7.69. The lowest BCUT2D eigenvalue weighted by Gasteiger charge is -2.03. The number of halogens is 1. The lowest BCUT2D eigenvalue weighted by molar-refractivity contribution is 0.307. The fourth-order valence-electron chi connectivity index (χ4n) is 2.06. The lowest BCUT2D eigenvalue weighted by atomic mass is 10.3. The fourth-order valence-corrected chi connectivity index (χ4v) is 3.69. The van der Waals surface area contributed by atoms with Crippen molar-refractivity contribution in [2.75, 3.05) is 0 Å². The van der Waals surface area contributed by atoms with Gasteiger partial charge in [0.1, 0.15) is 6.61 Å². The summed E-state index contributed by atoms with van der Waals surface area (Å²) in [6, 6.07) is 1.83. The van der Waals surface area contributed by atoms with Gasteiger partial charge in [0.05, 0.1) is 16.3 Å². The van der Waals surface area contributed by atoms with Gasteiger partial charge in [-0.05, 0) is 28.8 Å². The number of aryl methyl sites for hydroxylation is 1. The van der Waals surface area contributed by atoms with E-state index >= 15 is 0 Å². The van der Waals surface area contributed by atoms with Gasteiger partial charge in [0.25, 0.3) is 5.19 Å². The van der Waals surface area contributed by atoms with E-state index in [1.807, 2.05) is 42.0 Å². The maximum absolute atomic E-state index is 12.0. The molecule has 0 fully saturated rings. The third kappa shape index (κ3) is 4.37. The number of rotatable bonds is 7. The molecule has 0 N–H and O–H groups in total. The molecule has 26 heavy (non-hydrogen) atoms. The minimum absolute atomic E-state index is 0.291. The number of ether oxygens (including phenoxy) is 1. The molecule has 7 nitrogen and oxygen atoms in total. The van der Waals surface area contributed by atoms with E-state index in [-0.39, 0.29) is 5.69 Å². The van der Waals surface area contributed by atoms with E-state index in [0.29, 0.717) is 17.5 Å². The average molecular weight is 454 g/mol. The number of hydrogen-bond donors (Lipinski definition) is 0. The Morgan fingerprint density at radius 3 is 2.96 bits per heavy atom. The topological polar surface area (TPSA) is 74.8 Å². The van der Waals surface area contributed by atoms with E-state index in [0.717, 1.165) is 21.5 Å². The summed E-state index contributed by atoms with van der Waals surface area (Å²) in [6.07, 6.45) is 6.76. The number of thiazole rings is 1. The molecule has 0 spiro atoms. The molecule has 0 bridgehead atoms. The van der Waals surface area contributed by atoms with Crippen molar-refractivity contribution in [2.45, 2.75) is 20.0 Å². The molecule has 0 amide bonds. The Balaban J connectivity index is 1.64. The molecule has 0 aromatic carbocycles. The van der Waals surface area contributed by atoms with Gasteiger partial charge in [-0.1, -0.05) is 45.5 Å². The van der Waals surface area contributed by atoms with Crippen LogP contribution in [0.15, 0.2) is 44.3 Å². The Hall–Kier alpha value is -2.04. The molecule has 0 saturated carbocycles. The second kappa shape index (κ2) is 8.56. The van der Waals surface area contributed by atoms with Gasteiger partial charge >= 0.3 is 5.69 Å². The minimum Gasteiger partial charge on any atom is -0.464 e. The number of allylic oxidation sites excluding steroid dienone is 4. The molecule has 0 aliphatic rings. The molecule has 0 aliphatic carbocycles. The van der Waals surface area contributed by atoms with Crippen LogP contribution in [0.4, 0.5) is 0 Å². The first-order valence-corrected chi connectivity index (χ1v) is 10.2. The predicted molar refractivity (Wildman–Crippen MR) is 106 cm³/mol. The second-order valence-corrected chi connectivity index (χ2v) is 7.94. The van der Waals surface area contributed by atoms with Gasteiger partial charge in [0.2, 0.25) is 0 Å².